The van der Waals surface area contributed by atoms with Crippen LogP contribution in [0.25, 0.3) is 0 Å². The van der Waals surface area contributed by atoms with E-state index < -0.39 is 0 Å². The van der Waals surface area contributed by atoms with E-state index in [0.29, 0.717) is 28.7 Å². The van der Waals surface area contributed by atoms with Gasteiger partial charge in [0.05, 0.1) is 0 Å². The van der Waals surface area contributed by atoms with Gasteiger partial charge < -0.3 is 5.32 Å². The van der Waals surface area contributed by atoms with Crippen LogP contribution in [0.2, 0.25) is 0 Å². The van der Waals surface area contributed by atoms with Crippen molar-refractivity contribution in [3.63, 3.8) is 0 Å². The summed E-state index contributed by atoms with van der Waals surface area (Å²) in [6.07, 6.45) is 0.353. The maximum absolute atomic E-state index is 12.8. The first-order chi connectivity index (χ1) is 11.6. The van der Waals surface area contributed by atoms with Gasteiger partial charge in [-0.25, -0.2) is 0 Å². The molecule has 3 nitrogen and oxygen atoms in total. The van der Waals surface area contributed by atoms with Crippen molar-refractivity contribution in [2.75, 3.05) is 0 Å². The number of carbonyl (C=O) groups excluding carboxylic acids is 2. The fraction of sp³-hybridized carbons (Fsp3) is 0.143. The zero-order chi connectivity index (χ0) is 17.1. The Balaban J connectivity index is 1.91. The lowest BCUT2D eigenvalue weighted by atomic mass is 9.88. The number of allylic oxidation sites excluding steroid dienone is 4. The number of Topliss-reactive ketones (excluding diaryl/α,β-unsaturated/α-hetero) is 2. The highest BCUT2D eigenvalue weighted by Gasteiger charge is 2.26. The van der Waals surface area contributed by atoms with Gasteiger partial charge in [-0.15, -0.1) is 0 Å². The summed E-state index contributed by atoms with van der Waals surface area (Å²) >= 11 is 0. The van der Waals surface area contributed by atoms with Gasteiger partial charge in [-0.2, -0.15) is 0 Å². The van der Waals surface area contributed by atoms with Gasteiger partial charge in [0.2, 0.25) is 0 Å². The minimum Gasteiger partial charge on any atom is -0.362 e. The smallest absolute Gasteiger partial charge is 0.191 e. The van der Waals surface area contributed by atoms with E-state index in [-0.39, 0.29) is 11.6 Å². The summed E-state index contributed by atoms with van der Waals surface area (Å²) in [7, 11) is 0. The lowest BCUT2D eigenvalue weighted by Gasteiger charge is -2.23. The molecule has 0 fully saturated rings. The molecular weight excluding hydrogens is 298 g/mol. The van der Waals surface area contributed by atoms with Crippen molar-refractivity contribution in [2.45, 2.75) is 20.3 Å². The zero-order valence-corrected chi connectivity index (χ0v) is 13.8. The first kappa shape index (κ1) is 15.9. The molecule has 1 aliphatic heterocycles. The molecule has 0 bridgehead atoms. The van der Waals surface area contributed by atoms with Gasteiger partial charge in [0, 0.05) is 40.1 Å². The molecule has 24 heavy (non-hydrogen) atoms. The van der Waals surface area contributed by atoms with Crippen molar-refractivity contribution in [1.29, 1.82) is 0 Å². The molecule has 0 spiro atoms. The molecule has 0 atom stereocenters. The number of rotatable bonds is 4. The molecular formula is C21H19NO2. The average Bonchev–Trinajstić information content (AvgIpc) is 2.62. The SMILES string of the molecule is CC1=C(C(=O)c2ccccc2)CC(C(=O)c2ccccc2)=C(C)N1. The van der Waals surface area contributed by atoms with Gasteiger partial charge in [0.1, 0.15) is 0 Å². The largest absolute Gasteiger partial charge is 0.362 e. The first-order valence-corrected chi connectivity index (χ1v) is 7.94. The third-order valence-electron chi connectivity index (χ3n) is 4.25. The van der Waals surface area contributed by atoms with Crippen LogP contribution in [0.3, 0.4) is 0 Å². The molecule has 3 heteroatoms. The molecule has 0 saturated carbocycles. The summed E-state index contributed by atoms with van der Waals surface area (Å²) in [6, 6.07) is 18.3. The maximum Gasteiger partial charge on any atom is 0.191 e. The molecule has 1 heterocycles. The van der Waals surface area contributed by atoms with Crippen LogP contribution in [-0.4, -0.2) is 11.6 Å². The second kappa shape index (κ2) is 6.67. The van der Waals surface area contributed by atoms with Crippen molar-refractivity contribution in [3.05, 3.63) is 94.3 Å². The summed E-state index contributed by atoms with van der Waals surface area (Å²) in [5, 5.41) is 3.20. The number of benzene rings is 2. The molecule has 120 valence electrons. The Hall–Kier alpha value is -2.94. The van der Waals surface area contributed by atoms with E-state index in [2.05, 4.69) is 5.32 Å². The van der Waals surface area contributed by atoms with Crippen molar-refractivity contribution < 1.29 is 9.59 Å². The lowest BCUT2D eigenvalue weighted by molar-refractivity contribution is 0.102. The summed E-state index contributed by atoms with van der Waals surface area (Å²) in [6.45, 7) is 3.76. The Labute approximate surface area is 141 Å². The van der Waals surface area contributed by atoms with E-state index in [1.54, 1.807) is 24.3 Å². The van der Waals surface area contributed by atoms with Crippen LogP contribution < -0.4 is 5.32 Å². The Kier molecular flexibility index (Phi) is 4.43. The van der Waals surface area contributed by atoms with Gasteiger partial charge in [-0.1, -0.05) is 60.7 Å². The minimum atomic E-state index is -0.0357. The predicted octanol–water partition coefficient (Wildman–Crippen LogP) is 4.29. The number of nitrogens with one attached hydrogen (secondary N) is 1. The van der Waals surface area contributed by atoms with Gasteiger partial charge in [-0.05, 0) is 13.8 Å². The number of ketones is 2. The molecule has 0 saturated heterocycles. The molecule has 0 radical (unpaired) electrons. The van der Waals surface area contributed by atoms with E-state index in [4.69, 9.17) is 0 Å². The Bertz CT molecular complexity index is 774. The van der Waals surface area contributed by atoms with Crippen molar-refractivity contribution in [1.82, 2.24) is 5.32 Å². The van der Waals surface area contributed by atoms with Crippen LogP contribution in [0.15, 0.2) is 83.2 Å². The van der Waals surface area contributed by atoms with Crippen LogP contribution >= 0.6 is 0 Å². The third kappa shape index (κ3) is 3.06. The second-order valence-corrected chi connectivity index (χ2v) is 5.90. The van der Waals surface area contributed by atoms with Gasteiger partial charge >= 0.3 is 0 Å². The molecule has 0 aliphatic carbocycles. The Morgan fingerprint density at radius 3 is 1.46 bits per heavy atom. The van der Waals surface area contributed by atoms with E-state index in [1.807, 2.05) is 50.2 Å². The van der Waals surface area contributed by atoms with Crippen LogP contribution in [0.4, 0.5) is 0 Å². The first-order valence-electron chi connectivity index (χ1n) is 7.94. The number of carbonyl (C=O) groups is 2. The molecule has 3 rings (SSSR count). The van der Waals surface area contributed by atoms with Crippen LogP contribution in [-0.2, 0) is 0 Å². The van der Waals surface area contributed by atoms with E-state index in [1.165, 1.54) is 0 Å². The van der Waals surface area contributed by atoms with Crippen LogP contribution in [0.1, 0.15) is 41.0 Å². The highest BCUT2D eigenvalue weighted by atomic mass is 16.1. The number of hydrogen-bond acceptors (Lipinski definition) is 3. The number of hydrogen-bond donors (Lipinski definition) is 1. The summed E-state index contributed by atoms with van der Waals surface area (Å²) in [4.78, 5) is 25.6. The lowest BCUT2D eigenvalue weighted by Crippen LogP contribution is -2.25. The molecule has 1 N–H and O–H groups in total. The fourth-order valence-corrected chi connectivity index (χ4v) is 2.90. The molecule has 1 aliphatic rings. The predicted molar refractivity (Wildman–Crippen MR) is 94.7 cm³/mol. The normalized spacial score (nSPS) is 14.4. The van der Waals surface area contributed by atoms with E-state index >= 15 is 0 Å². The maximum atomic E-state index is 12.8. The average molecular weight is 317 g/mol. The monoisotopic (exact) mass is 317 g/mol. The number of dihydropyridines is 1. The zero-order valence-electron chi connectivity index (χ0n) is 13.8. The standard InChI is InChI=1S/C21H19NO2/c1-14-18(20(23)16-9-5-3-6-10-16)13-19(15(2)22-14)21(24)17-11-7-4-8-12-17/h3-12,22H,13H2,1-2H3. The van der Waals surface area contributed by atoms with Crippen molar-refractivity contribution in [2.24, 2.45) is 0 Å². The summed E-state index contributed by atoms with van der Waals surface area (Å²) < 4.78 is 0. The molecule has 2 aromatic rings. The molecule has 2 aromatic carbocycles. The quantitative estimate of drug-likeness (QED) is 0.856. The molecule has 0 aromatic heterocycles. The third-order valence-corrected chi connectivity index (χ3v) is 4.25. The Morgan fingerprint density at radius 1 is 0.708 bits per heavy atom. The fourth-order valence-electron chi connectivity index (χ4n) is 2.90. The van der Waals surface area contributed by atoms with Gasteiger partial charge in [-0.3, -0.25) is 9.59 Å². The molecule has 0 unspecified atom stereocenters. The van der Waals surface area contributed by atoms with Crippen LogP contribution in [0, 0.1) is 0 Å². The highest BCUT2D eigenvalue weighted by molar-refractivity contribution is 6.14. The summed E-state index contributed by atoms with van der Waals surface area (Å²) in [5.74, 6) is -0.0714. The minimum absolute atomic E-state index is 0.0357. The van der Waals surface area contributed by atoms with E-state index in [9.17, 15) is 9.59 Å². The van der Waals surface area contributed by atoms with Crippen molar-refractivity contribution >= 4 is 11.6 Å². The summed E-state index contributed by atoms with van der Waals surface area (Å²) in [5.41, 5.74) is 4.19. The molecule has 0 amide bonds. The van der Waals surface area contributed by atoms with Gasteiger partial charge in [0.15, 0.2) is 11.6 Å². The van der Waals surface area contributed by atoms with Gasteiger partial charge in [0.25, 0.3) is 0 Å². The Morgan fingerprint density at radius 2 is 1.08 bits per heavy atom. The van der Waals surface area contributed by atoms with Crippen molar-refractivity contribution in [3.8, 4) is 0 Å². The van der Waals surface area contributed by atoms with Crippen LogP contribution in [0.5, 0.6) is 0 Å². The van der Waals surface area contributed by atoms with E-state index in [0.717, 1.165) is 11.4 Å². The topological polar surface area (TPSA) is 46.2 Å². The highest BCUT2D eigenvalue weighted by Crippen LogP contribution is 2.28. The second-order valence-electron chi connectivity index (χ2n) is 5.90.